The Morgan fingerprint density at radius 1 is 1.00 bits per heavy atom. The summed E-state index contributed by atoms with van der Waals surface area (Å²) in [5.41, 5.74) is 0.981. The Hall–Kier alpha value is -0.835. The zero-order chi connectivity index (χ0) is 15.8. The molecule has 0 aliphatic carbocycles. The molecule has 3 nitrogen and oxygen atoms in total. The maximum atomic E-state index is 6.22. The number of hydrogen-bond acceptors (Lipinski definition) is 3. The highest BCUT2D eigenvalue weighted by Gasteiger charge is 2.53. The van der Waals surface area contributed by atoms with Crippen LogP contribution in [-0.4, -0.2) is 36.3 Å². The van der Waals surface area contributed by atoms with Gasteiger partial charge in [0.2, 0.25) is 0 Å². The van der Waals surface area contributed by atoms with E-state index in [1.54, 1.807) is 0 Å². The van der Waals surface area contributed by atoms with Crippen LogP contribution in [0.1, 0.15) is 46.1 Å². The van der Waals surface area contributed by atoms with E-state index in [1.807, 2.05) is 0 Å². The van der Waals surface area contributed by atoms with Crippen LogP contribution < -0.4 is 0 Å². The van der Waals surface area contributed by atoms with Crippen molar-refractivity contribution in [3.8, 4) is 0 Å². The van der Waals surface area contributed by atoms with Crippen LogP contribution >= 0.6 is 0 Å². The quantitative estimate of drug-likeness (QED) is 0.794. The molecule has 2 fully saturated rings. The molecule has 0 unspecified atom stereocenters. The normalized spacial score (nSPS) is 25.5. The molecule has 1 aromatic carbocycles. The Morgan fingerprint density at radius 3 is 2.09 bits per heavy atom. The first-order valence-corrected chi connectivity index (χ1v) is 8.49. The second-order valence-corrected chi connectivity index (χ2v) is 7.72. The molecule has 120 valence electrons. The van der Waals surface area contributed by atoms with Gasteiger partial charge in [-0.15, -0.1) is 0 Å². The Balaban J connectivity index is 1.52. The summed E-state index contributed by atoms with van der Waals surface area (Å²) >= 11 is 0. The van der Waals surface area contributed by atoms with Crippen LogP contribution in [0.2, 0.25) is 5.82 Å². The van der Waals surface area contributed by atoms with Gasteiger partial charge in [0.05, 0.1) is 11.2 Å². The predicted octanol–water partition coefficient (Wildman–Crippen LogP) is 3.74. The van der Waals surface area contributed by atoms with Gasteiger partial charge in [0, 0.05) is 6.54 Å². The summed E-state index contributed by atoms with van der Waals surface area (Å²) in [4.78, 5) is 2.54. The molecule has 0 radical (unpaired) electrons. The number of hydrogen-bond donors (Lipinski definition) is 0. The van der Waals surface area contributed by atoms with Crippen molar-refractivity contribution >= 4 is 7.12 Å². The van der Waals surface area contributed by atoms with Gasteiger partial charge < -0.3 is 9.31 Å². The number of rotatable bonds is 3. The van der Waals surface area contributed by atoms with Crippen LogP contribution in [0.3, 0.4) is 0 Å². The fourth-order valence-electron chi connectivity index (χ4n) is 3.31. The fourth-order valence-corrected chi connectivity index (χ4v) is 3.31. The van der Waals surface area contributed by atoms with Gasteiger partial charge in [-0.3, -0.25) is 4.90 Å². The minimum atomic E-state index is -0.209. The lowest BCUT2D eigenvalue weighted by Crippen LogP contribution is -2.41. The van der Waals surface area contributed by atoms with E-state index in [1.165, 1.54) is 5.56 Å². The largest absolute Gasteiger partial charge is 0.461 e. The standard InChI is InChI=1S/C18H28BNO2/c1-17(2)18(3,4)22-19(21-17)16-10-12-20(13-11-16)14-15-8-6-5-7-9-15/h5-9,16H,10-14H2,1-4H3. The third-order valence-corrected chi connectivity index (χ3v) is 5.54. The van der Waals surface area contributed by atoms with Crippen molar-refractivity contribution in [2.24, 2.45) is 0 Å². The lowest BCUT2D eigenvalue weighted by molar-refractivity contribution is 0.00578. The fraction of sp³-hybridized carbons (Fsp3) is 0.667. The van der Waals surface area contributed by atoms with Gasteiger partial charge >= 0.3 is 7.12 Å². The van der Waals surface area contributed by atoms with Gasteiger partial charge in [0.25, 0.3) is 0 Å². The minimum Gasteiger partial charge on any atom is -0.403 e. The maximum Gasteiger partial charge on any atom is 0.461 e. The Morgan fingerprint density at radius 2 is 1.55 bits per heavy atom. The van der Waals surface area contributed by atoms with E-state index in [4.69, 9.17) is 9.31 Å². The van der Waals surface area contributed by atoms with Gasteiger partial charge in [0.1, 0.15) is 0 Å². The SMILES string of the molecule is CC1(C)OB(C2CCN(Cc3ccccc3)CC2)OC1(C)C. The Labute approximate surface area is 135 Å². The van der Waals surface area contributed by atoms with Crippen LogP contribution in [0.5, 0.6) is 0 Å². The molecule has 0 N–H and O–H groups in total. The zero-order valence-electron chi connectivity index (χ0n) is 14.3. The van der Waals surface area contributed by atoms with Gasteiger partial charge in [-0.05, 0) is 65.0 Å². The second-order valence-electron chi connectivity index (χ2n) is 7.72. The minimum absolute atomic E-state index is 0.0381. The molecule has 0 saturated carbocycles. The molecule has 22 heavy (non-hydrogen) atoms. The molecule has 0 spiro atoms. The number of nitrogens with zero attached hydrogens (tertiary/aromatic N) is 1. The number of likely N-dealkylation sites (tertiary alicyclic amines) is 1. The third kappa shape index (κ3) is 3.24. The van der Waals surface area contributed by atoms with E-state index in [0.717, 1.165) is 32.5 Å². The summed E-state index contributed by atoms with van der Waals surface area (Å²) in [5, 5.41) is 0. The Bertz CT molecular complexity index is 479. The monoisotopic (exact) mass is 301 g/mol. The summed E-state index contributed by atoms with van der Waals surface area (Å²) in [5.74, 6) is 0.521. The first kappa shape index (κ1) is 16.0. The summed E-state index contributed by atoms with van der Waals surface area (Å²) < 4.78 is 12.4. The summed E-state index contributed by atoms with van der Waals surface area (Å²) in [6.45, 7) is 11.9. The van der Waals surface area contributed by atoms with Crippen LogP contribution in [0.15, 0.2) is 30.3 Å². The van der Waals surface area contributed by atoms with Crippen molar-refractivity contribution in [2.45, 2.75) is 64.1 Å². The first-order chi connectivity index (χ1) is 10.4. The highest BCUT2D eigenvalue weighted by atomic mass is 16.7. The molecule has 2 aliphatic rings. The van der Waals surface area contributed by atoms with Crippen molar-refractivity contribution in [3.05, 3.63) is 35.9 Å². The van der Waals surface area contributed by atoms with Crippen molar-refractivity contribution in [2.75, 3.05) is 13.1 Å². The Kier molecular flexibility index (Phi) is 4.37. The first-order valence-electron chi connectivity index (χ1n) is 8.49. The lowest BCUT2D eigenvalue weighted by atomic mass is 9.67. The van der Waals surface area contributed by atoms with Crippen molar-refractivity contribution in [1.82, 2.24) is 4.90 Å². The number of benzene rings is 1. The average Bonchev–Trinajstić information content (AvgIpc) is 2.69. The van der Waals surface area contributed by atoms with Crippen LogP contribution in [0, 0.1) is 0 Å². The van der Waals surface area contributed by atoms with Crippen LogP contribution in [0.25, 0.3) is 0 Å². The van der Waals surface area contributed by atoms with Crippen LogP contribution in [-0.2, 0) is 15.9 Å². The molecule has 2 aliphatic heterocycles. The van der Waals surface area contributed by atoms with E-state index < -0.39 is 0 Å². The molecular formula is C18H28BNO2. The summed E-state index contributed by atoms with van der Waals surface area (Å²) in [6.07, 6.45) is 2.31. The second kappa shape index (κ2) is 5.99. The molecule has 0 atom stereocenters. The third-order valence-electron chi connectivity index (χ3n) is 5.54. The highest BCUT2D eigenvalue weighted by Crippen LogP contribution is 2.42. The summed E-state index contributed by atoms with van der Waals surface area (Å²) in [7, 11) is -0.0381. The topological polar surface area (TPSA) is 21.7 Å². The van der Waals surface area contributed by atoms with Crippen molar-refractivity contribution in [1.29, 1.82) is 0 Å². The van der Waals surface area contributed by atoms with E-state index in [-0.39, 0.29) is 18.3 Å². The lowest BCUT2D eigenvalue weighted by Gasteiger charge is -2.32. The van der Waals surface area contributed by atoms with E-state index in [0.29, 0.717) is 5.82 Å². The van der Waals surface area contributed by atoms with Gasteiger partial charge in [-0.2, -0.15) is 0 Å². The molecule has 0 bridgehead atoms. The zero-order valence-corrected chi connectivity index (χ0v) is 14.3. The molecule has 0 aromatic heterocycles. The van der Waals surface area contributed by atoms with Gasteiger partial charge in [-0.1, -0.05) is 30.3 Å². The molecule has 2 heterocycles. The van der Waals surface area contributed by atoms with Crippen LogP contribution in [0.4, 0.5) is 0 Å². The average molecular weight is 301 g/mol. The number of piperidine rings is 1. The predicted molar refractivity (Wildman–Crippen MR) is 90.8 cm³/mol. The highest BCUT2D eigenvalue weighted by molar-refractivity contribution is 6.47. The molecule has 4 heteroatoms. The van der Waals surface area contributed by atoms with Gasteiger partial charge in [-0.25, -0.2) is 0 Å². The van der Waals surface area contributed by atoms with E-state index in [2.05, 4.69) is 62.9 Å². The molecule has 2 saturated heterocycles. The van der Waals surface area contributed by atoms with Crippen molar-refractivity contribution < 1.29 is 9.31 Å². The molecular weight excluding hydrogens is 273 g/mol. The van der Waals surface area contributed by atoms with E-state index in [9.17, 15) is 0 Å². The van der Waals surface area contributed by atoms with Crippen molar-refractivity contribution in [3.63, 3.8) is 0 Å². The molecule has 0 amide bonds. The molecule has 3 rings (SSSR count). The molecule has 1 aromatic rings. The van der Waals surface area contributed by atoms with E-state index >= 15 is 0 Å². The smallest absolute Gasteiger partial charge is 0.403 e. The summed E-state index contributed by atoms with van der Waals surface area (Å²) in [6, 6.07) is 10.7. The van der Waals surface area contributed by atoms with Gasteiger partial charge in [0.15, 0.2) is 0 Å². The maximum absolute atomic E-state index is 6.22.